The minimum atomic E-state index is 0.236. The normalized spacial score (nSPS) is 11.8. The maximum absolute atomic E-state index is 5.67. The lowest BCUT2D eigenvalue weighted by Crippen LogP contribution is -2.38. The van der Waals surface area contributed by atoms with Gasteiger partial charge in [-0.2, -0.15) is 0 Å². The zero-order valence-electron chi connectivity index (χ0n) is 15.4. The number of aliphatic imine (C=N–C) groups is 1. The minimum Gasteiger partial charge on any atom is -0.469 e. The number of nitrogens with zero attached hydrogens (tertiary/aromatic N) is 1. The van der Waals surface area contributed by atoms with Crippen molar-refractivity contribution in [2.75, 3.05) is 13.1 Å². The molecule has 0 bridgehead atoms. The van der Waals surface area contributed by atoms with Crippen LogP contribution < -0.4 is 10.6 Å². The topological polar surface area (TPSA) is 58.8 Å². The summed E-state index contributed by atoms with van der Waals surface area (Å²) < 4.78 is 11.0. The van der Waals surface area contributed by atoms with E-state index < -0.39 is 0 Å². The van der Waals surface area contributed by atoms with Gasteiger partial charge in [0.25, 0.3) is 0 Å². The lowest BCUT2D eigenvalue weighted by atomic mass is 10.1. The van der Waals surface area contributed by atoms with Crippen LogP contribution in [-0.4, -0.2) is 25.2 Å². The fraction of sp³-hybridized carbons (Fsp3) is 0.450. The number of furan rings is 1. The molecule has 0 unspecified atom stereocenters. The smallest absolute Gasteiger partial charge is 0.191 e. The van der Waals surface area contributed by atoms with Gasteiger partial charge in [0.1, 0.15) is 5.76 Å². The Bertz CT molecular complexity index is 636. The van der Waals surface area contributed by atoms with Gasteiger partial charge in [0.15, 0.2) is 5.96 Å². The van der Waals surface area contributed by atoms with Crippen LogP contribution in [0.1, 0.15) is 37.7 Å². The zero-order valence-corrected chi connectivity index (χ0v) is 15.4. The fourth-order valence-electron chi connectivity index (χ4n) is 2.35. The largest absolute Gasteiger partial charge is 0.469 e. The zero-order chi connectivity index (χ0) is 17.9. The predicted molar refractivity (Wildman–Crippen MR) is 102 cm³/mol. The van der Waals surface area contributed by atoms with Crippen molar-refractivity contribution in [1.82, 2.24) is 10.6 Å². The van der Waals surface area contributed by atoms with Crippen LogP contribution in [0.2, 0.25) is 0 Å². The monoisotopic (exact) mass is 343 g/mol. The Labute approximate surface area is 150 Å². The Hall–Kier alpha value is -2.27. The first-order chi connectivity index (χ1) is 12.2. The highest BCUT2D eigenvalue weighted by Crippen LogP contribution is 2.09. The van der Waals surface area contributed by atoms with Gasteiger partial charge >= 0.3 is 0 Å². The summed E-state index contributed by atoms with van der Waals surface area (Å²) in [6, 6.07) is 12.3. The van der Waals surface area contributed by atoms with Crippen molar-refractivity contribution in [3.05, 3.63) is 59.5 Å². The molecule has 2 rings (SSSR count). The second-order valence-corrected chi connectivity index (χ2v) is 6.13. The molecule has 0 amide bonds. The second kappa shape index (κ2) is 10.6. The first-order valence-corrected chi connectivity index (χ1v) is 8.91. The Morgan fingerprint density at radius 1 is 1.16 bits per heavy atom. The number of hydrogen-bond donors (Lipinski definition) is 2. The molecule has 0 spiro atoms. The molecule has 1 heterocycles. The molecule has 136 valence electrons. The third-order valence-corrected chi connectivity index (χ3v) is 3.58. The van der Waals surface area contributed by atoms with Crippen LogP contribution in [-0.2, 0) is 24.3 Å². The summed E-state index contributed by atoms with van der Waals surface area (Å²) in [4.78, 5) is 4.66. The van der Waals surface area contributed by atoms with E-state index in [0.29, 0.717) is 13.2 Å². The Morgan fingerprint density at radius 2 is 2.00 bits per heavy atom. The SMILES string of the molecule is CCNC(=NCc1cccc(COC(C)C)c1)NCCc1ccco1. The summed E-state index contributed by atoms with van der Waals surface area (Å²) in [7, 11) is 0. The van der Waals surface area contributed by atoms with Crippen LogP contribution in [0.15, 0.2) is 52.1 Å². The van der Waals surface area contributed by atoms with Gasteiger partial charge in [0, 0.05) is 19.5 Å². The number of rotatable bonds is 9. The maximum atomic E-state index is 5.67. The first kappa shape index (κ1) is 19.1. The number of nitrogens with one attached hydrogen (secondary N) is 2. The summed E-state index contributed by atoms with van der Waals surface area (Å²) in [6.07, 6.45) is 2.77. The highest BCUT2D eigenvalue weighted by atomic mass is 16.5. The Morgan fingerprint density at radius 3 is 2.72 bits per heavy atom. The van der Waals surface area contributed by atoms with E-state index in [9.17, 15) is 0 Å². The lowest BCUT2D eigenvalue weighted by Gasteiger charge is -2.11. The fourth-order valence-corrected chi connectivity index (χ4v) is 2.35. The maximum Gasteiger partial charge on any atom is 0.191 e. The number of ether oxygens (including phenoxy) is 1. The molecule has 25 heavy (non-hydrogen) atoms. The van der Waals surface area contributed by atoms with Gasteiger partial charge in [-0.1, -0.05) is 24.3 Å². The van der Waals surface area contributed by atoms with Gasteiger partial charge in [-0.05, 0) is 44.0 Å². The minimum absolute atomic E-state index is 0.236. The molecule has 0 aliphatic heterocycles. The van der Waals surface area contributed by atoms with Crippen LogP contribution in [0.5, 0.6) is 0 Å². The summed E-state index contributed by atoms with van der Waals surface area (Å²) in [5.41, 5.74) is 2.35. The standard InChI is InChI=1S/C20H29N3O2/c1-4-21-20(22-11-10-19-9-6-12-24-19)23-14-17-7-5-8-18(13-17)15-25-16(2)3/h5-9,12-13,16H,4,10-11,14-15H2,1-3H3,(H2,21,22,23). The first-order valence-electron chi connectivity index (χ1n) is 8.91. The number of benzene rings is 1. The van der Waals surface area contributed by atoms with Crippen molar-refractivity contribution in [1.29, 1.82) is 0 Å². The van der Waals surface area contributed by atoms with Crippen molar-refractivity contribution in [2.45, 2.75) is 46.4 Å². The molecule has 1 aromatic carbocycles. The van der Waals surface area contributed by atoms with Gasteiger partial charge in [0.2, 0.25) is 0 Å². The Kier molecular flexibility index (Phi) is 8.05. The molecule has 0 aliphatic rings. The third kappa shape index (κ3) is 7.44. The number of guanidine groups is 1. The van der Waals surface area contributed by atoms with Crippen LogP contribution >= 0.6 is 0 Å². The molecule has 1 aromatic heterocycles. The van der Waals surface area contributed by atoms with Crippen LogP contribution in [0.25, 0.3) is 0 Å². The average molecular weight is 343 g/mol. The summed E-state index contributed by atoms with van der Waals surface area (Å²) >= 11 is 0. The van der Waals surface area contributed by atoms with Gasteiger partial charge in [0.05, 0.1) is 25.5 Å². The van der Waals surface area contributed by atoms with Crippen molar-refractivity contribution in [3.63, 3.8) is 0 Å². The highest BCUT2D eigenvalue weighted by Gasteiger charge is 2.01. The lowest BCUT2D eigenvalue weighted by molar-refractivity contribution is 0.0657. The molecule has 2 N–H and O–H groups in total. The van der Waals surface area contributed by atoms with E-state index in [1.807, 2.05) is 26.0 Å². The van der Waals surface area contributed by atoms with Gasteiger partial charge in [-0.25, -0.2) is 4.99 Å². The van der Waals surface area contributed by atoms with Gasteiger partial charge in [-0.3, -0.25) is 0 Å². The van der Waals surface area contributed by atoms with Crippen molar-refractivity contribution >= 4 is 5.96 Å². The molecule has 0 radical (unpaired) electrons. The molecule has 0 atom stereocenters. The van der Waals surface area contributed by atoms with E-state index in [-0.39, 0.29) is 6.10 Å². The summed E-state index contributed by atoms with van der Waals surface area (Å²) in [6.45, 7) is 9.03. The summed E-state index contributed by atoms with van der Waals surface area (Å²) in [5, 5.41) is 6.61. The quantitative estimate of drug-likeness (QED) is 0.540. The van der Waals surface area contributed by atoms with Crippen LogP contribution in [0.3, 0.4) is 0 Å². The van der Waals surface area contributed by atoms with E-state index in [2.05, 4.69) is 46.8 Å². The van der Waals surface area contributed by atoms with Gasteiger partial charge < -0.3 is 19.8 Å². The van der Waals surface area contributed by atoms with E-state index >= 15 is 0 Å². The molecular formula is C20H29N3O2. The second-order valence-electron chi connectivity index (χ2n) is 6.13. The van der Waals surface area contributed by atoms with Crippen molar-refractivity contribution in [3.8, 4) is 0 Å². The van der Waals surface area contributed by atoms with Gasteiger partial charge in [-0.15, -0.1) is 0 Å². The van der Waals surface area contributed by atoms with Crippen molar-refractivity contribution in [2.24, 2.45) is 4.99 Å². The Balaban J connectivity index is 1.87. The average Bonchev–Trinajstić information content (AvgIpc) is 3.12. The third-order valence-electron chi connectivity index (χ3n) is 3.58. The van der Waals surface area contributed by atoms with E-state index in [0.717, 1.165) is 31.2 Å². The highest BCUT2D eigenvalue weighted by molar-refractivity contribution is 5.79. The van der Waals surface area contributed by atoms with E-state index in [1.54, 1.807) is 6.26 Å². The molecule has 0 fully saturated rings. The molecule has 5 heteroatoms. The predicted octanol–water partition coefficient (Wildman–Crippen LogP) is 3.50. The van der Waals surface area contributed by atoms with E-state index in [1.165, 1.54) is 11.1 Å². The molecule has 0 saturated carbocycles. The van der Waals surface area contributed by atoms with Crippen LogP contribution in [0, 0.1) is 0 Å². The summed E-state index contributed by atoms with van der Waals surface area (Å²) in [5.74, 6) is 1.79. The van der Waals surface area contributed by atoms with E-state index in [4.69, 9.17) is 9.15 Å². The molecule has 0 aliphatic carbocycles. The van der Waals surface area contributed by atoms with Crippen molar-refractivity contribution < 1.29 is 9.15 Å². The molecule has 5 nitrogen and oxygen atoms in total. The number of hydrogen-bond acceptors (Lipinski definition) is 3. The molecule has 0 saturated heterocycles. The molecule has 2 aromatic rings. The molecular weight excluding hydrogens is 314 g/mol. The van der Waals surface area contributed by atoms with Crippen LogP contribution in [0.4, 0.5) is 0 Å².